The number of hydrogen-bond acceptors (Lipinski definition) is 1. The predicted molar refractivity (Wildman–Crippen MR) is 65.9 cm³/mol. The molecule has 0 amide bonds. The summed E-state index contributed by atoms with van der Waals surface area (Å²) < 4.78 is 65.0. The molecule has 0 aromatic heterocycles. The summed E-state index contributed by atoms with van der Waals surface area (Å²) in [5, 5.41) is 0. The van der Waals surface area contributed by atoms with E-state index in [1.165, 1.54) is 6.92 Å². The van der Waals surface area contributed by atoms with Gasteiger partial charge in [-0.1, -0.05) is 0 Å². The zero-order valence-corrected chi connectivity index (χ0v) is 10.4. The van der Waals surface area contributed by atoms with Crippen LogP contribution in [-0.4, -0.2) is 0 Å². The Morgan fingerprint density at radius 1 is 0.900 bits per heavy atom. The van der Waals surface area contributed by atoms with Crippen LogP contribution in [0.5, 0.6) is 0 Å². The van der Waals surface area contributed by atoms with Crippen LogP contribution < -0.4 is 5.73 Å². The molecule has 1 nitrogen and oxygen atoms in total. The van der Waals surface area contributed by atoms with Gasteiger partial charge < -0.3 is 5.73 Å². The van der Waals surface area contributed by atoms with Crippen LogP contribution in [0.25, 0.3) is 11.1 Å². The lowest BCUT2D eigenvalue weighted by Gasteiger charge is -2.12. The van der Waals surface area contributed by atoms with E-state index in [2.05, 4.69) is 0 Å². The number of halogens is 5. The van der Waals surface area contributed by atoms with E-state index >= 15 is 0 Å². The Hall–Kier alpha value is -2.11. The minimum Gasteiger partial charge on any atom is -0.396 e. The fourth-order valence-electron chi connectivity index (χ4n) is 1.89. The van der Waals surface area contributed by atoms with Crippen molar-refractivity contribution < 1.29 is 22.0 Å². The van der Waals surface area contributed by atoms with Crippen LogP contribution >= 0.6 is 0 Å². The summed E-state index contributed by atoms with van der Waals surface area (Å²) in [6, 6.07) is 4.26. The number of hydrogen-bond donors (Lipinski definition) is 1. The van der Waals surface area contributed by atoms with Gasteiger partial charge in [0.15, 0.2) is 0 Å². The van der Waals surface area contributed by atoms with E-state index in [1.54, 1.807) is 0 Å². The lowest BCUT2D eigenvalue weighted by atomic mass is 9.97. The van der Waals surface area contributed by atoms with Crippen molar-refractivity contribution >= 4 is 5.69 Å². The van der Waals surface area contributed by atoms with Crippen LogP contribution in [0.3, 0.4) is 0 Å². The Morgan fingerprint density at radius 3 is 2.15 bits per heavy atom. The molecule has 0 saturated heterocycles. The Kier molecular flexibility index (Phi) is 3.41. The highest BCUT2D eigenvalue weighted by Gasteiger charge is 2.31. The summed E-state index contributed by atoms with van der Waals surface area (Å²) in [4.78, 5) is 0. The fraction of sp³-hybridized carbons (Fsp3) is 0.143. The van der Waals surface area contributed by atoms with E-state index in [0.717, 1.165) is 18.2 Å². The lowest BCUT2D eigenvalue weighted by molar-refractivity contribution is -0.137. The first-order valence-corrected chi connectivity index (χ1v) is 5.63. The van der Waals surface area contributed by atoms with Gasteiger partial charge in [-0.2, -0.15) is 13.2 Å². The summed E-state index contributed by atoms with van der Waals surface area (Å²) in [5.41, 5.74) is 4.33. The van der Waals surface area contributed by atoms with Crippen LogP contribution in [-0.2, 0) is 6.18 Å². The van der Waals surface area contributed by atoms with Crippen LogP contribution in [0.1, 0.15) is 11.1 Å². The molecule has 106 valence electrons. The maximum Gasteiger partial charge on any atom is 0.416 e. The van der Waals surface area contributed by atoms with Crippen molar-refractivity contribution in [1.82, 2.24) is 0 Å². The third kappa shape index (κ3) is 2.59. The molecule has 0 aliphatic rings. The minimum atomic E-state index is -4.58. The SMILES string of the molecule is Cc1cc(F)c(N)cc1-c1cc(C(F)(F)F)ccc1F. The van der Waals surface area contributed by atoms with E-state index < -0.39 is 23.4 Å². The molecule has 0 saturated carbocycles. The van der Waals surface area contributed by atoms with Crippen LogP contribution in [0.15, 0.2) is 30.3 Å². The van der Waals surface area contributed by atoms with E-state index in [4.69, 9.17) is 5.73 Å². The molecule has 0 aliphatic carbocycles. The lowest BCUT2D eigenvalue weighted by Crippen LogP contribution is -2.06. The molecule has 2 rings (SSSR count). The van der Waals surface area contributed by atoms with Gasteiger partial charge in [-0.05, 0) is 48.4 Å². The monoisotopic (exact) mass is 287 g/mol. The highest BCUT2D eigenvalue weighted by atomic mass is 19.4. The molecule has 0 spiro atoms. The normalized spacial score (nSPS) is 11.7. The Morgan fingerprint density at radius 2 is 1.55 bits per heavy atom. The van der Waals surface area contributed by atoms with Gasteiger partial charge in [-0.25, -0.2) is 8.78 Å². The van der Waals surface area contributed by atoms with Crippen LogP contribution in [0, 0.1) is 18.6 Å². The fourth-order valence-corrected chi connectivity index (χ4v) is 1.89. The molecule has 6 heteroatoms. The number of alkyl halides is 3. The smallest absolute Gasteiger partial charge is 0.396 e. The van der Waals surface area contributed by atoms with E-state index in [1.807, 2.05) is 0 Å². The zero-order chi connectivity index (χ0) is 15.1. The molecule has 0 bridgehead atoms. The molecule has 0 atom stereocenters. The average Bonchev–Trinajstić information content (AvgIpc) is 2.33. The van der Waals surface area contributed by atoms with Gasteiger partial charge in [0.05, 0.1) is 11.3 Å². The van der Waals surface area contributed by atoms with Crippen molar-refractivity contribution in [2.24, 2.45) is 0 Å². The van der Waals surface area contributed by atoms with Gasteiger partial charge in [0.25, 0.3) is 0 Å². The molecule has 2 aromatic carbocycles. The number of rotatable bonds is 1. The van der Waals surface area contributed by atoms with Gasteiger partial charge in [-0.3, -0.25) is 0 Å². The van der Waals surface area contributed by atoms with Gasteiger partial charge in [-0.15, -0.1) is 0 Å². The minimum absolute atomic E-state index is 0.132. The summed E-state index contributed by atoms with van der Waals surface area (Å²) in [5.74, 6) is -1.52. The number of aryl methyl sites for hydroxylation is 1. The molecule has 2 aromatic rings. The Bertz CT molecular complexity index is 661. The highest BCUT2D eigenvalue weighted by Crippen LogP contribution is 2.35. The van der Waals surface area contributed by atoms with Crippen LogP contribution in [0.2, 0.25) is 0 Å². The first-order chi connectivity index (χ1) is 9.20. The van der Waals surface area contributed by atoms with Gasteiger partial charge in [0.1, 0.15) is 11.6 Å². The third-order valence-corrected chi connectivity index (χ3v) is 2.93. The van der Waals surface area contributed by atoms with Gasteiger partial charge in [0, 0.05) is 5.56 Å². The quantitative estimate of drug-likeness (QED) is 0.604. The van der Waals surface area contributed by atoms with Crippen LogP contribution in [0.4, 0.5) is 27.6 Å². The molecule has 20 heavy (non-hydrogen) atoms. The summed E-state index contributed by atoms with van der Waals surface area (Å²) in [7, 11) is 0. The Balaban J connectivity index is 2.66. The molecule has 0 radical (unpaired) electrons. The van der Waals surface area contributed by atoms with Gasteiger partial charge in [0.2, 0.25) is 0 Å². The predicted octanol–water partition coefficient (Wildman–Crippen LogP) is 4.54. The molecule has 0 heterocycles. The molecule has 2 N–H and O–H groups in total. The number of benzene rings is 2. The van der Waals surface area contributed by atoms with Crippen molar-refractivity contribution in [2.45, 2.75) is 13.1 Å². The molecular weight excluding hydrogens is 277 g/mol. The molecule has 0 fully saturated rings. The van der Waals surface area contributed by atoms with Crippen molar-refractivity contribution in [3.8, 4) is 11.1 Å². The largest absolute Gasteiger partial charge is 0.416 e. The zero-order valence-electron chi connectivity index (χ0n) is 10.4. The second kappa shape index (κ2) is 4.77. The summed E-state index contributed by atoms with van der Waals surface area (Å²) in [6.45, 7) is 1.47. The topological polar surface area (TPSA) is 26.0 Å². The second-order valence-electron chi connectivity index (χ2n) is 4.38. The van der Waals surface area contributed by atoms with E-state index in [9.17, 15) is 22.0 Å². The van der Waals surface area contributed by atoms with Crippen molar-refractivity contribution in [3.05, 3.63) is 53.1 Å². The maximum absolute atomic E-state index is 13.8. The highest BCUT2D eigenvalue weighted by molar-refractivity contribution is 5.72. The average molecular weight is 287 g/mol. The molecule has 0 aliphatic heterocycles. The summed E-state index contributed by atoms with van der Waals surface area (Å²) >= 11 is 0. The third-order valence-electron chi connectivity index (χ3n) is 2.93. The van der Waals surface area contributed by atoms with Gasteiger partial charge >= 0.3 is 6.18 Å². The maximum atomic E-state index is 13.8. The standard InChI is InChI=1S/C14H10F5N/c1-7-4-12(16)13(20)6-9(7)10-5-8(14(17,18)19)2-3-11(10)15/h2-6H,20H2,1H3. The van der Waals surface area contributed by atoms with Crippen molar-refractivity contribution in [3.63, 3.8) is 0 Å². The number of nitrogen functional groups attached to an aromatic ring is 1. The Labute approximate surface area is 111 Å². The first kappa shape index (κ1) is 14.3. The number of nitrogens with two attached hydrogens (primary N) is 1. The van der Waals surface area contributed by atoms with E-state index in [0.29, 0.717) is 17.7 Å². The second-order valence-corrected chi connectivity index (χ2v) is 4.38. The first-order valence-electron chi connectivity index (χ1n) is 5.63. The molecule has 0 unspecified atom stereocenters. The summed E-state index contributed by atoms with van der Waals surface area (Å²) in [6.07, 6.45) is -4.58. The van der Waals surface area contributed by atoms with E-state index in [-0.39, 0.29) is 16.8 Å². The van der Waals surface area contributed by atoms with Crippen molar-refractivity contribution in [1.29, 1.82) is 0 Å². The van der Waals surface area contributed by atoms with Crippen molar-refractivity contribution in [2.75, 3.05) is 5.73 Å². The molecular formula is C14H10F5N. The number of anilines is 1.